The van der Waals surface area contributed by atoms with Crippen LogP contribution in [0.25, 0.3) is 0 Å². The van der Waals surface area contributed by atoms with Crippen LogP contribution in [0.15, 0.2) is 22.0 Å². The van der Waals surface area contributed by atoms with Crippen molar-refractivity contribution in [3.63, 3.8) is 0 Å². The molecule has 1 unspecified atom stereocenters. The topological polar surface area (TPSA) is 84.9 Å². The standard InChI is InChI=1S/C15H18N2O3S/c16-11(15(18)19)6-9-7-12(20-10-2-1-3-10)14-13(8-9)21-5-4-17-14/h4,7-8,10-11H,1-3,5-6,16H2,(H,18,19). The molecule has 0 bridgehead atoms. The van der Waals surface area contributed by atoms with Crippen LogP contribution in [0, 0.1) is 0 Å². The Labute approximate surface area is 127 Å². The molecule has 1 aliphatic heterocycles. The maximum atomic E-state index is 10.9. The van der Waals surface area contributed by atoms with E-state index >= 15 is 0 Å². The van der Waals surface area contributed by atoms with Crippen LogP contribution >= 0.6 is 11.8 Å². The van der Waals surface area contributed by atoms with Crippen LogP contribution in [0.4, 0.5) is 5.69 Å². The van der Waals surface area contributed by atoms with Gasteiger partial charge in [-0.05, 0) is 43.4 Å². The highest BCUT2D eigenvalue weighted by Gasteiger charge is 2.23. The van der Waals surface area contributed by atoms with Crippen molar-refractivity contribution in [3.8, 4) is 5.75 Å². The summed E-state index contributed by atoms with van der Waals surface area (Å²) in [7, 11) is 0. The number of aliphatic imine (C=N–C) groups is 1. The Balaban J connectivity index is 1.88. The first-order chi connectivity index (χ1) is 10.1. The predicted molar refractivity (Wildman–Crippen MR) is 82.9 cm³/mol. The minimum atomic E-state index is -0.986. The third-order valence-corrected chi connectivity index (χ3v) is 4.69. The van der Waals surface area contributed by atoms with Gasteiger partial charge < -0.3 is 15.6 Å². The van der Waals surface area contributed by atoms with Gasteiger partial charge in [0.1, 0.15) is 17.5 Å². The van der Waals surface area contributed by atoms with Gasteiger partial charge in [-0.25, -0.2) is 0 Å². The first-order valence-corrected chi connectivity index (χ1v) is 8.09. The molecule has 1 aliphatic carbocycles. The molecular formula is C15H18N2O3S. The summed E-state index contributed by atoms with van der Waals surface area (Å²) in [5.41, 5.74) is 7.39. The molecule has 1 atom stereocenters. The van der Waals surface area contributed by atoms with Crippen molar-refractivity contribution in [1.82, 2.24) is 0 Å². The molecule has 1 fully saturated rings. The number of benzene rings is 1. The second-order valence-corrected chi connectivity index (χ2v) is 6.44. The Kier molecular flexibility index (Phi) is 4.17. The van der Waals surface area contributed by atoms with E-state index in [4.69, 9.17) is 15.6 Å². The SMILES string of the molecule is NC(Cc1cc(OC2CCC2)c2c(c1)SCC=N2)C(=O)O. The number of hydrogen-bond acceptors (Lipinski definition) is 5. The number of ether oxygens (including phenoxy) is 1. The summed E-state index contributed by atoms with van der Waals surface area (Å²) in [5, 5.41) is 8.96. The fourth-order valence-electron chi connectivity index (χ4n) is 2.35. The van der Waals surface area contributed by atoms with E-state index in [-0.39, 0.29) is 6.10 Å². The normalized spacial score (nSPS) is 18.7. The third kappa shape index (κ3) is 3.22. The molecule has 1 aromatic carbocycles. The number of nitrogens with zero attached hydrogens (tertiary/aromatic N) is 1. The smallest absolute Gasteiger partial charge is 0.320 e. The molecule has 21 heavy (non-hydrogen) atoms. The van der Waals surface area contributed by atoms with Crippen molar-refractivity contribution < 1.29 is 14.6 Å². The molecule has 2 aliphatic rings. The van der Waals surface area contributed by atoms with E-state index in [1.54, 1.807) is 11.8 Å². The number of aliphatic carboxylic acids is 1. The summed E-state index contributed by atoms with van der Waals surface area (Å²) in [6.07, 6.45) is 5.79. The van der Waals surface area contributed by atoms with Gasteiger partial charge in [-0.3, -0.25) is 9.79 Å². The van der Waals surface area contributed by atoms with E-state index < -0.39 is 12.0 Å². The number of carboxylic acid groups (broad SMARTS) is 1. The second-order valence-electron chi connectivity index (χ2n) is 5.38. The predicted octanol–water partition coefficient (Wildman–Crippen LogP) is 2.38. The van der Waals surface area contributed by atoms with Crippen molar-refractivity contribution in [2.45, 2.75) is 42.7 Å². The lowest BCUT2D eigenvalue weighted by molar-refractivity contribution is -0.138. The van der Waals surface area contributed by atoms with Gasteiger partial charge in [-0.1, -0.05) is 0 Å². The Morgan fingerprint density at radius 1 is 1.52 bits per heavy atom. The molecule has 3 rings (SSSR count). The van der Waals surface area contributed by atoms with Crippen LogP contribution < -0.4 is 10.5 Å². The Morgan fingerprint density at radius 2 is 2.33 bits per heavy atom. The molecule has 1 saturated carbocycles. The molecule has 0 saturated heterocycles. The minimum absolute atomic E-state index is 0.264. The number of rotatable bonds is 5. The highest BCUT2D eigenvalue weighted by molar-refractivity contribution is 8.00. The van der Waals surface area contributed by atoms with Gasteiger partial charge in [0.05, 0.1) is 6.10 Å². The summed E-state index contributed by atoms with van der Waals surface area (Å²) in [5.74, 6) is 0.595. The van der Waals surface area contributed by atoms with Crippen molar-refractivity contribution in [2.75, 3.05) is 5.75 Å². The third-order valence-electron chi connectivity index (χ3n) is 3.75. The molecule has 1 aromatic rings. The van der Waals surface area contributed by atoms with Gasteiger partial charge in [-0.2, -0.15) is 0 Å². The van der Waals surface area contributed by atoms with Gasteiger partial charge >= 0.3 is 5.97 Å². The van der Waals surface area contributed by atoms with Crippen molar-refractivity contribution in [1.29, 1.82) is 0 Å². The van der Waals surface area contributed by atoms with E-state index in [1.807, 2.05) is 18.3 Å². The average molecular weight is 306 g/mol. The zero-order valence-corrected chi connectivity index (χ0v) is 12.4. The maximum absolute atomic E-state index is 10.9. The number of carbonyl (C=O) groups is 1. The van der Waals surface area contributed by atoms with E-state index in [2.05, 4.69) is 4.99 Å². The zero-order valence-electron chi connectivity index (χ0n) is 11.6. The summed E-state index contributed by atoms with van der Waals surface area (Å²) >= 11 is 1.69. The quantitative estimate of drug-likeness (QED) is 0.872. The van der Waals surface area contributed by atoms with Crippen LogP contribution in [0.3, 0.4) is 0 Å². The van der Waals surface area contributed by atoms with E-state index in [0.717, 1.165) is 40.5 Å². The van der Waals surface area contributed by atoms with Crippen LogP contribution in [-0.4, -0.2) is 35.2 Å². The number of carboxylic acids is 1. The van der Waals surface area contributed by atoms with Crippen LogP contribution in [0.1, 0.15) is 24.8 Å². The van der Waals surface area contributed by atoms with Gasteiger partial charge in [0.15, 0.2) is 0 Å². The average Bonchev–Trinajstić information content (AvgIpc) is 2.42. The molecule has 0 amide bonds. The highest BCUT2D eigenvalue weighted by atomic mass is 32.2. The summed E-state index contributed by atoms with van der Waals surface area (Å²) < 4.78 is 6.02. The fourth-order valence-corrected chi connectivity index (χ4v) is 3.20. The molecule has 1 heterocycles. The van der Waals surface area contributed by atoms with Crippen LogP contribution in [-0.2, 0) is 11.2 Å². The molecule has 0 aromatic heterocycles. The van der Waals surface area contributed by atoms with Crippen molar-refractivity contribution in [2.24, 2.45) is 10.7 Å². The lowest BCUT2D eigenvalue weighted by atomic mass is 9.96. The zero-order chi connectivity index (χ0) is 14.8. The molecular weight excluding hydrogens is 288 g/mol. The van der Waals surface area contributed by atoms with Gasteiger partial charge in [0.2, 0.25) is 0 Å². The monoisotopic (exact) mass is 306 g/mol. The van der Waals surface area contributed by atoms with Crippen molar-refractivity contribution in [3.05, 3.63) is 17.7 Å². The fraction of sp³-hybridized carbons (Fsp3) is 0.467. The van der Waals surface area contributed by atoms with E-state index in [9.17, 15) is 4.79 Å². The summed E-state index contributed by atoms with van der Waals surface area (Å²) in [6.45, 7) is 0. The van der Waals surface area contributed by atoms with Gasteiger partial charge in [0, 0.05) is 16.9 Å². The van der Waals surface area contributed by atoms with Crippen LogP contribution in [0.5, 0.6) is 5.75 Å². The maximum Gasteiger partial charge on any atom is 0.320 e. The minimum Gasteiger partial charge on any atom is -0.488 e. The number of fused-ring (bicyclic) bond motifs is 1. The van der Waals surface area contributed by atoms with E-state index in [1.165, 1.54) is 6.42 Å². The highest BCUT2D eigenvalue weighted by Crippen LogP contribution is 2.42. The van der Waals surface area contributed by atoms with Gasteiger partial charge in [0.25, 0.3) is 0 Å². The molecule has 0 radical (unpaired) electrons. The van der Waals surface area contributed by atoms with Crippen molar-refractivity contribution >= 4 is 29.6 Å². The van der Waals surface area contributed by atoms with E-state index in [0.29, 0.717) is 6.42 Å². The first kappa shape index (κ1) is 14.4. The molecule has 0 spiro atoms. The van der Waals surface area contributed by atoms with Gasteiger partial charge in [-0.15, -0.1) is 11.8 Å². The Morgan fingerprint density at radius 3 is 3.00 bits per heavy atom. The lowest BCUT2D eigenvalue weighted by Crippen LogP contribution is -2.32. The summed E-state index contributed by atoms with van der Waals surface area (Å²) in [4.78, 5) is 16.4. The molecule has 6 heteroatoms. The lowest BCUT2D eigenvalue weighted by Gasteiger charge is -2.28. The molecule has 3 N–H and O–H groups in total. The summed E-state index contributed by atoms with van der Waals surface area (Å²) in [6, 6.07) is 2.98. The van der Waals surface area contributed by atoms with Crippen LogP contribution in [0.2, 0.25) is 0 Å². The molecule has 112 valence electrons. The first-order valence-electron chi connectivity index (χ1n) is 7.11. The molecule has 5 nitrogen and oxygen atoms in total. The number of hydrogen-bond donors (Lipinski definition) is 2. The number of thioether (sulfide) groups is 1. The Bertz CT molecular complexity index is 585. The Hall–Kier alpha value is -1.53. The second kappa shape index (κ2) is 6.07. The largest absolute Gasteiger partial charge is 0.488 e. The number of nitrogens with two attached hydrogens (primary N) is 1.